The van der Waals surface area contributed by atoms with Gasteiger partial charge in [-0.15, -0.1) is 0 Å². The Balaban J connectivity index is 2.52. The van der Waals surface area contributed by atoms with Crippen molar-refractivity contribution in [2.24, 2.45) is 0 Å². The van der Waals surface area contributed by atoms with Crippen LogP contribution < -0.4 is 10.6 Å². The quantitative estimate of drug-likeness (QED) is 0.752. The van der Waals surface area contributed by atoms with Crippen molar-refractivity contribution in [3.05, 3.63) is 0 Å². The van der Waals surface area contributed by atoms with Crippen molar-refractivity contribution in [2.75, 3.05) is 19.6 Å². The van der Waals surface area contributed by atoms with Crippen molar-refractivity contribution in [1.82, 2.24) is 15.5 Å². The molecule has 2 atom stereocenters. The molecule has 0 aromatic heterocycles. The minimum absolute atomic E-state index is 0.0512. The summed E-state index contributed by atoms with van der Waals surface area (Å²) in [6, 6.07) is 0.263. The number of hydrogen-bond donors (Lipinski definition) is 2. The summed E-state index contributed by atoms with van der Waals surface area (Å²) in [6.45, 7) is 7.21. The third-order valence-electron chi connectivity index (χ3n) is 3.32. The normalized spacial score (nSPS) is 23.5. The van der Waals surface area contributed by atoms with E-state index in [1.165, 1.54) is 0 Å². The van der Waals surface area contributed by atoms with E-state index in [0.29, 0.717) is 19.1 Å². The smallest absolute Gasteiger partial charge is 0.240 e. The summed E-state index contributed by atoms with van der Waals surface area (Å²) in [6.07, 6.45) is 3.06. The van der Waals surface area contributed by atoms with Crippen molar-refractivity contribution in [1.29, 1.82) is 0 Å². The molecule has 0 radical (unpaired) electrons. The fraction of sp³-hybridized carbons (Fsp3) is 0.846. The zero-order chi connectivity index (χ0) is 13.5. The van der Waals surface area contributed by atoms with Gasteiger partial charge in [-0.1, -0.05) is 0 Å². The highest BCUT2D eigenvalue weighted by Gasteiger charge is 2.28. The van der Waals surface area contributed by atoms with Gasteiger partial charge in [0.05, 0.1) is 12.6 Å². The van der Waals surface area contributed by atoms with E-state index in [1.54, 1.807) is 4.90 Å². The van der Waals surface area contributed by atoms with Crippen LogP contribution in [0.25, 0.3) is 0 Å². The molecule has 0 spiro atoms. The van der Waals surface area contributed by atoms with E-state index in [0.717, 1.165) is 19.3 Å². The van der Waals surface area contributed by atoms with E-state index in [-0.39, 0.29) is 24.4 Å². The van der Waals surface area contributed by atoms with Crippen LogP contribution in [-0.4, -0.2) is 48.4 Å². The number of nitrogens with zero attached hydrogens (tertiary/aromatic N) is 1. The van der Waals surface area contributed by atoms with Gasteiger partial charge in [-0.3, -0.25) is 9.59 Å². The molecule has 0 aromatic carbocycles. The lowest BCUT2D eigenvalue weighted by molar-refractivity contribution is -0.138. The molecule has 0 bridgehead atoms. The Morgan fingerprint density at radius 1 is 1.33 bits per heavy atom. The number of hydrogen-bond acceptors (Lipinski definition) is 3. The first kappa shape index (κ1) is 15.0. The minimum Gasteiger partial charge on any atom is -0.355 e. The lowest BCUT2D eigenvalue weighted by Crippen LogP contribution is -2.53. The van der Waals surface area contributed by atoms with Crippen LogP contribution in [-0.2, 0) is 9.59 Å². The van der Waals surface area contributed by atoms with Gasteiger partial charge < -0.3 is 15.5 Å². The van der Waals surface area contributed by atoms with Crippen LogP contribution in [0.15, 0.2) is 0 Å². The second-order valence-electron chi connectivity index (χ2n) is 4.86. The van der Waals surface area contributed by atoms with E-state index in [4.69, 9.17) is 0 Å². The summed E-state index contributed by atoms with van der Waals surface area (Å²) in [5.41, 5.74) is 0. The lowest BCUT2D eigenvalue weighted by Gasteiger charge is -2.32. The average molecular weight is 255 g/mol. The number of likely N-dealkylation sites (N-methyl/N-ethyl adjacent to an activating group) is 2. The Labute approximate surface area is 109 Å². The van der Waals surface area contributed by atoms with Gasteiger partial charge in [0.2, 0.25) is 11.8 Å². The summed E-state index contributed by atoms with van der Waals surface area (Å²) in [5.74, 6) is -0.0353. The molecular weight excluding hydrogens is 230 g/mol. The van der Waals surface area contributed by atoms with E-state index >= 15 is 0 Å². The molecule has 1 aliphatic heterocycles. The Hall–Kier alpha value is -1.10. The second kappa shape index (κ2) is 7.36. The first-order valence-electron chi connectivity index (χ1n) is 6.90. The third kappa shape index (κ3) is 4.29. The van der Waals surface area contributed by atoms with Crippen LogP contribution in [0.4, 0.5) is 0 Å². The molecule has 0 aliphatic carbocycles. The van der Waals surface area contributed by atoms with Crippen LogP contribution >= 0.6 is 0 Å². The average Bonchev–Trinajstić information content (AvgIpc) is 2.35. The number of rotatable bonds is 5. The zero-order valence-electron chi connectivity index (χ0n) is 11.7. The van der Waals surface area contributed by atoms with Crippen LogP contribution in [0.3, 0.4) is 0 Å². The van der Waals surface area contributed by atoms with E-state index in [1.807, 2.05) is 13.8 Å². The van der Waals surface area contributed by atoms with Crippen molar-refractivity contribution in [2.45, 2.75) is 52.1 Å². The Morgan fingerprint density at radius 3 is 2.61 bits per heavy atom. The molecule has 5 heteroatoms. The van der Waals surface area contributed by atoms with Crippen LogP contribution in [0, 0.1) is 0 Å². The first-order valence-corrected chi connectivity index (χ1v) is 6.90. The van der Waals surface area contributed by atoms with E-state index in [9.17, 15) is 9.59 Å². The number of carbonyl (C=O) groups excluding carboxylic acids is 2. The van der Waals surface area contributed by atoms with Gasteiger partial charge in [-0.2, -0.15) is 0 Å². The predicted molar refractivity (Wildman–Crippen MR) is 71.2 cm³/mol. The number of piperidine rings is 1. The Morgan fingerprint density at radius 2 is 2.06 bits per heavy atom. The number of carbonyl (C=O) groups is 2. The van der Waals surface area contributed by atoms with Gasteiger partial charge in [0.25, 0.3) is 0 Å². The standard InChI is InChI=1S/C13H25N3O2/c1-4-14-12(17)9-16(5-2)13(18)11-8-6-7-10(3)15-11/h10-11,15H,4-9H2,1-3H3,(H,14,17). The van der Waals surface area contributed by atoms with Gasteiger partial charge in [0.15, 0.2) is 0 Å². The molecule has 0 saturated carbocycles. The summed E-state index contributed by atoms with van der Waals surface area (Å²) >= 11 is 0. The molecule has 2 unspecified atom stereocenters. The van der Waals surface area contributed by atoms with Crippen molar-refractivity contribution in [3.8, 4) is 0 Å². The van der Waals surface area contributed by atoms with Crippen LogP contribution in [0.5, 0.6) is 0 Å². The summed E-state index contributed by atoms with van der Waals surface area (Å²) < 4.78 is 0. The van der Waals surface area contributed by atoms with Gasteiger partial charge >= 0.3 is 0 Å². The second-order valence-corrected chi connectivity index (χ2v) is 4.86. The highest BCUT2D eigenvalue weighted by atomic mass is 16.2. The highest BCUT2D eigenvalue weighted by molar-refractivity contribution is 5.87. The predicted octanol–water partition coefficient (Wildman–Crippen LogP) is 0.502. The van der Waals surface area contributed by atoms with Gasteiger partial charge in [-0.25, -0.2) is 0 Å². The monoisotopic (exact) mass is 255 g/mol. The lowest BCUT2D eigenvalue weighted by atomic mass is 9.98. The van der Waals surface area contributed by atoms with Crippen molar-refractivity contribution >= 4 is 11.8 Å². The fourth-order valence-corrected chi connectivity index (χ4v) is 2.33. The maximum absolute atomic E-state index is 12.3. The SMILES string of the molecule is CCNC(=O)CN(CC)C(=O)C1CCCC(C)N1. The molecule has 2 amide bonds. The topological polar surface area (TPSA) is 61.4 Å². The molecule has 18 heavy (non-hydrogen) atoms. The Kier molecular flexibility index (Phi) is 6.12. The summed E-state index contributed by atoms with van der Waals surface area (Å²) in [7, 11) is 0. The van der Waals surface area contributed by atoms with Gasteiger partial charge in [0, 0.05) is 19.1 Å². The molecule has 1 aliphatic rings. The van der Waals surface area contributed by atoms with Crippen molar-refractivity contribution in [3.63, 3.8) is 0 Å². The number of amides is 2. The maximum atomic E-state index is 12.3. The molecule has 1 heterocycles. The van der Waals surface area contributed by atoms with Crippen LogP contribution in [0.2, 0.25) is 0 Å². The minimum atomic E-state index is -0.122. The van der Waals surface area contributed by atoms with E-state index in [2.05, 4.69) is 17.6 Å². The number of nitrogens with one attached hydrogen (secondary N) is 2. The summed E-state index contributed by atoms with van der Waals surface area (Å²) in [5, 5.41) is 6.04. The van der Waals surface area contributed by atoms with Gasteiger partial charge in [-0.05, 0) is 40.0 Å². The highest BCUT2D eigenvalue weighted by Crippen LogP contribution is 2.14. The zero-order valence-corrected chi connectivity index (χ0v) is 11.7. The Bertz CT molecular complexity index is 294. The van der Waals surface area contributed by atoms with Crippen molar-refractivity contribution < 1.29 is 9.59 Å². The van der Waals surface area contributed by atoms with Gasteiger partial charge in [0.1, 0.15) is 0 Å². The maximum Gasteiger partial charge on any atom is 0.240 e. The molecule has 1 fully saturated rings. The molecule has 1 rings (SSSR count). The molecule has 104 valence electrons. The largest absolute Gasteiger partial charge is 0.355 e. The molecule has 5 nitrogen and oxygen atoms in total. The molecule has 0 aromatic rings. The molecule has 1 saturated heterocycles. The van der Waals surface area contributed by atoms with E-state index < -0.39 is 0 Å². The first-order chi connectivity index (χ1) is 8.58. The summed E-state index contributed by atoms with van der Waals surface area (Å²) in [4.78, 5) is 25.5. The van der Waals surface area contributed by atoms with Crippen LogP contribution in [0.1, 0.15) is 40.0 Å². The third-order valence-corrected chi connectivity index (χ3v) is 3.32. The molecular formula is C13H25N3O2. The molecule has 2 N–H and O–H groups in total. The fourth-order valence-electron chi connectivity index (χ4n) is 2.33.